The summed E-state index contributed by atoms with van der Waals surface area (Å²) in [5.41, 5.74) is 1.62. The van der Waals surface area contributed by atoms with Gasteiger partial charge in [0.05, 0.1) is 17.1 Å². The number of halogens is 2. The fourth-order valence-electron chi connectivity index (χ4n) is 2.48. The molecule has 146 valence electrons. The van der Waals surface area contributed by atoms with Crippen molar-refractivity contribution >= 4 is 34.7 Å². The van der Waals surface area contributed by atoms with Crippen LogP contribution in [0.4, 0.5) is 14.5 Å². The second kappa shape index (κ2) is 9.57. The minimum absolute atomic E-state index is 0.0335. The van der Waals surface area contributed by atoms with Crippen LogP contribution < -0.4 is 14.8 Å². The van der Waals surface area contributed by atoms with E-state index >= 15 is 0 Å². The summed E-state index contributed by atoms with van der Waals surface area (Å²) >= 11 is 3.01. The Morgan fingerprint density at radius 1 is 1.18 bits per heavy atom. The molecule has 8 heteroatoms. The highest BCUT2D eigenvalue weighted by Gasteiger charge is 2.14. The van der Waals surface area contributed by atoms with Gasteiger partial charge in [0, 0.05) is 11.3 Å². The van der Waals surface area contributed by atoms with Crippen molar-refractivity contribution in [3.63, 3.8) is 0 Å². The monoisotopic (exact) mass is 421 g/mol. The lowest BCUT2D eigenvalue weighted by Crippen LogP contribution is -2.14. The lowest BCUT2D eigenvalue weighted by Gasteiger charge is -2.14. The SMILES string of the molecule is COc1ccc(-c2cc(NC(=O)CSc3cccs3)ccc2OC(F)F)cc1. The number of alkyl halides is 2. The average Bonchev–Trinajstić information content (AvgIpc) is 3.21. The molecule has 0 aliphatic carbocycles. The van der Waals surface area contributed by atoms with Crippen molar-refractivity contribution in [3.05, 3.63) is 60.0 Å². The van der Waals surface area contributed by atoms with Crippen molar-refractivity contribution in [2.45, 2.75) is 10.8 Å². The highest BCUT2D eigenvalue weighted by molar-refractivity contribution is 8.01. The van der Waals surface area contributed by atoms with Gasteiger partial charge < -0.3 is 14.8 Å². The van der Waals surface area contributed by atoms with Crippen molar-refractivity contribution in [3.8, 4) is 22.6 Å². The van der Waals surface area contributed by atoms with Gasteiger partial charge >= 0.3 is 6.61 Å². The topological polar surface area (TPSA) is 47.6 Å². The van der Waals surface area contributed by atoms with Crippen molar-refractivity contribution in [2.24, 2.45) is 0 Å². The second-order valence-electron chi connectivity index (χ2n) is 5.59. The van der Waals surface area contributed by atoms with Crippen molar-refractivity contribution in [1.82, 2.24) is 0 Å². The Labute approximate surface area is 169 Å². The third-order valence-corrected chi connectivity index (χ3v) is 5.85. The predicted molar refractivity (Wildman–Crippen MR) is 109 cm³/mol. The number of hydrogen-bond donors (Lipinski definition) is 1. The third-order valence-electron chi connectivity index (χ3n) is 3.72. The van der Waals surface area contributed by atoms with Gasteiger partial charge in [-0.3, -0.25) is 4.79 Å². The van der Waals surface area contributed by atoms with Gasteiger partial charge in [0.1, 0.15) is 11.5 Å². The minimum Gasteiger partial charge on any atom is -0.497 e. The standard InChI is InChI=1S/C20H17F2NO3S2/c1-25-15-7-4-13(5-8-15)16-11-14(6-9-17(16)26-20(21)22)23-18(24)12-28-19-3-2-10-27-19/h2-11,20H,12H2,1H3,(H,23,24). The fraction of sp³-hybridized carbons (Fsp3) is 0.150. The largest absolute Gasteiger partial charge is 0.497 e. The Kier molecular flexibility index (Phi) is 6.89. The average molecular weight is 421 g/mol. The normalized spacial score (nSPS) is 10.7. The van der Waals surface area contributed by atoms with Crippen LogP contribution in [-0.2, 0) is 4.79 Å². The number of carbonyl (C=O) groups is 1. The smallest absolute Gasteiger partial charge is 0.387 e. The lowest BCUT2D eigenvalue weighted by molar-refractivity contribution is -0.113. The molecule has 3 aromatic rings. The van der Waals surface area contributed by atoms with Gasteiger partial charge in [-0.1, -0.05) is 18.2 Å². The highest BCUT2D eigenvalue weighted by Crippen LogP contribution is 2.34. The van der Waals surface area contributed by atoms with Crippen molar-refractivity contribution < 1.29 is 23.0 Å². The molecule has 0 saturated heterocycles. The summed E-state index contributed by atoms with van der Waals surface area (Å²) in [6.45, 7) is -2.94. The number of thiophene rings is 1. The molecule has 28 heavy (non-hydrogen) atoms. The molecule has 0 spiro atoms. The van der Waals surface area contributed by atoms with Gasteiger partial charge in [-0.05, 0) is 47.3 Å². The first-order chi connectivity index (χ1) is 13.5. The Morgan fingerprint density at radius 3 is 2.61 bits per heavy atom. The molecular weight excluding hydrogens is 404 g/mol. The Hall–Kier alpha value is -2.58. The van der Waals surface area contributed by atoms with Gasteiger partial charge in [-0.25, -0.2) is 0 Å². The zero-order valence-corrected chi connectivity index (χ0v) is 16.5. The van der Waals surface area contributed by atoms with Crippen LogP contribution in [0.25, 0.3) is 11.1 Å². The van der Waals surface area contributed by atoms with Crippen LogP contribution in [0.3, 0.4) is 0 Å². The molecule has 0 unspecified atom stereocenters. The summed E-state index contributed by atoms with van der Waals surface area (Å²) in [4.78, 5) is 12.2. The first-order valence-electron chi connectivity index (χ1n) is 8.24. The molecule has 0 radical (unpaired) electrons. The molecule has 1 aromatic heterocycles. The molecule has 0 saturated carbocycles. The van der Waals surface area contributed by atoms with Crippen LogP contribution in [0.1, 0.15) is 0 Å². The number of ether oxygens (including phenoxy) is 2. The van der Waals surface area contributed by atoms with E-state index in [1.807, 2.05) is 17.5 Å². The molecule has 3 rings (SSSR count). The first-order valence-corrected chi connectivity index (χ1v) is 10.1. The van der Waals surface area contributed by atoms with Crippen molar-refractivity contribution in [2.75, 3.05) is 18.2 Å². The van der Waals surface area contributed by atoms with E-state index in [4.69, 9.17) is 4.74 Å². The van der Waals surface area contributed by atoms with Crippen LogP contribution in [0.15, 0.2) is 64.2 Å². The third kappa shape index (κ3) is 5.46. The van der Waals surface area contributed by atoms with Gasteiger partial charge in [-0.15, -0.1) is 23.1 Å². The minimum atomic E-state index is -2.94. The zero-order chi connectivity index (χ0) is 19.9. The van der Waals surface area contributed by atoms with Crippen LogP contribution >= 0.6 is 23.1 Å². The van der Waals surface area contributed by atoms with Crippen LogP contribution in [0, 0.1) is 0 Å². The molecule has 0 aliphatic rings. The molecule has 2 aromatic carbocycles. The summed E-state index contributed by atoms with van der Waals surface area (Å²) in [5.74, 6) is 0.760. The summed E-state index contributed by atoms with van der Waals surface area (Å²) in [6, 6.07) is 15.4. The maximum absolute atomic E-state index is 12.8. The number of benzene rings is 2. The molecule has 1 heterocycles. The molecule has 0 bridgehead atoms. The van der Waals surface area contributed by atoms with Gasteiger partial charge in [0.15, 0.2) is 0 Å². The van der Waals surface area contributed by atoms with Crippen molar-refractivity contribution in [1.29, 1.82) is 0 Å². The molecule has 0 fully saturated rings. The number of hydrogen-bond acceptors (Lipinski definition) is 5. The number of rotatable bonds is 8. The van der Waals surface area contributed by atoms with E-state index in [0.717, 1.165) is 4.21 Å². The quantitative estimate of drug-likeness (QED) is 0.470. The zero-order valence-electron chi connectivity index (χ0n) is 14.9. The molecule has 0 atom stereocenters. The Balaban J connectivity index is 1.79. The van der Waals surface area contributed by atoms with Gasteiger partial charge in [-0.2, -0.15) is 8.78 Å². The van der Waals surface area contributed by atoms with E-state index < -0.39 is 6.61 Å². The number of carbonyl (C=O) groups excluding carboxylic acids is 1. The Bertz CT molecular complexity index is 916. The molecule has 1 N–H and O–H groups in total. The maximum Gasteiger partial charge on any atom is 0.387 e. The molecule has 0 aliphatic heterocycles. The van der Waals surface area contributed by atoms with Crippen LogP contribution in [-0.4, -0.2) is 25.4 Å². The van der Waals surface area contributed by atoms with E-state index in [-0.39, 0.29) is 17.4 Å². The first kappa shape index (κ1) is 20.2. The number of methoxy groups -OCH3 is 1. The molecule has 4 nitrogen and oxygen atoms in total. The van der Waals surface area contributed by atoms with Gasteiger partial charge in [0.2, 0.25) is 5.91 Å². The van der Waals surface area contributed by atoms with E-state index in [0.29, 0.717) is 22.6 Å². The van der Waals surface area contributed by atoms with E-state index in [9.17, 15) is 13.6 Å². The summed E-state index contributed by atoms with van der Waals surface area (Å²) in [5, 5.41) is 4.74. The maximum atomic E-state index is 12.8. The highest BCUT2D eigenvalue weighted by atomic mass is 32.2. The number of amides is 1. The fourth-order valence-corrected chi connectivity index (χ4v) is 4.07. The van der Waals surface area contributed by atoms with Crippen LogP contribution in [0.2, 0.25) is 0 Å². The number of thioether (sulfide) groups is 1. The predicted octanol–water partition coefficient (Wildman–Crippen LogP) is 5.76. The summed E-state index contributed by atoms with van der Waals surface area (Å²) in [6.07, 6.45) is 0. The van der Waals surface area contributed by atoms with E-state index in [1.165, 1.54) is 17.8 Å². The van der Waals surface area contributed by atoms with E-state index in [2.05, 4.69) is 10.1 Å². The number of anilines is 1. The summed E-state index contributed by atoms with van der Waals surface area (Å²) < 4.78 is 36.3. The van der Waals surface area contributed by atoms with E-state index in [1.54, 1.807) is 54.8 Å². The molecule has 1 amide bonds. The summed E-state index contributed by atoms with van der Waals surface area (Å²) in [7, 11) is 1.55. The number of nitrogens with one attached hydrogen (secondary N) is 1. The van der Waals surface area contributed by atoms with Gasteiger partial charge in [0.25, 0.3) is 0 Å². The Morgan fingerprint density at radius 2 is 1.96 bits per heavy atom. The van der Waals surface area contributed by atoms with Crippen LogP contribution in [0.5, 0.6) is 11.5 Å². The lowest BCUT2D eigenvalue weighted by atomic mass is 10.0. The second-order valence-corrected chi connectivity index (χ2v) is 7.81. The molecular formula is C20H17F2NO3S2.